The smallest absolute Gasteiger partial charge is 0.264 e. The van der Waals surface area contributed by atoms with Gasteiger partial charge in [0.2, 0.25) is 11.8 Å². The monoisotopic (exact) mass is 675 g/mol. The molecule has 4 aromatic rings. The van der Waals surface area contributed by atoms with E-state index in [1.807, 2.05) is 57.2 Å². The van der Waals surface area contributed by atoms with E-state index in [2.05, 4.69) is 5.32 Å². The highest BCUT2D eigenvalue weighted by atomic mass is 35.5. The lowest BCUT2D eigenvalue weighted by atomic mass is 10.0. The van der Waals surface area contributed by atoms with Crippen LogP contribution < -0.4 is 14.4 Å². The number of amides is 2. The number of carbonyl (C=O) groups is 2. The molecule has 0 bridgehead atoms. The molecule has 4 aromatic carbocycles. The first-order chi connectivity index (χ1) is 22.5. The fourth-order valence-corrected chi connectivity index (χ4v) is 6.74. The number of sulfonamides is 1. The Morgan fingerprint density at radius 1 is 0.872 bits per heavy atom. The second-order valence-corrected chi connectivity index (χ2v) is 14.0. The van der Waals surface area contributed by atoms with Gasteiger partial charge in [-0.15, -0.1) is 0 Å². The number of nitrogens with one attached hydrogen (secondary N) is 1. The van der Waals surface area contributed by atoms with Crippen molar-refractivity contribution in [2.75, 3.05) is 24.0 Å². The van der Waals surface area contributed by atoms with E-state index in [9.17, 15) is 18.0 Å². The third-order valence-electron chi connectivity index (χ3n) is 7.52. The van der Waals surface area contributed by atoms with E-state index in [1.54, 1.807) is 61.5 Å². The quantitative estimate of drug-likeness (QED) is 0.152. The Bertz CT molecular complexity index is 1750. The number of ether oxygens (including phenoxy) is 1. The molecule has 0 radical (unpaired) electrons. The molecule has 47 heavy (non-hydrogen) atoms. The summed E-state index contributed by atoms with van der Waals surface area (Å²) in [4.78, 5) is 30.1. The maximum Gasteiger partial charge on any atom is 0.264 e. The Morgan fingerprint density at radius 2 is 1.53 bits per heavy atom. The Morgan fingerprint density at radius 3 is 2.19 bits per heavy atom. The number of para-hydroxylation sites is 2. The van der Waals surface area contributed by atoms with Crippen LogP contribution in [0.1, 0.15) is 37.5 Å². The van der Waals surface area contributed by atoms with Crippen molar-refractivity contribution in [3.8, 4) is 5.75 Å². The molecule has 10 heteroatoms. The van der Waals surface area contributed by atoms with Gasteiger partial charge in [0.05, 0.1) is 17.2 Å². The molecule has 0 fully saturated rings. The number of rotatable bonds is 15. The van der Waals surface area contributed by atoms with Crippen molar-refractivity contribution in [3.63, 3.8) is 0 Å². The van der Waals surface area contributed by atoms with E-state index in [1.165, 1.54) is 17.0 Å². The summed E-state index contributed by atoms with van der Waals surface area (Å²) in [5.41, 5.74) is 2.66. The number of hydrogen-bond donors (Lipinski definition) is 1. The minimum atomic E-state index is -4.26. The summed E-state index contributed by atoms with van der Waals surface area (Å²) in [6.07, 6.45) is 0.220. The number of halogens is 1. The zero-order valence-corrected chi connectivity index (χ0v) is 28.8. The van der Waals surface area contributed by atoms with Crippen molar-refractivity contribution in [2.45, 2.75) is 51.6 Å². The van der Waals surface area contributed by atoms with E-state index in [4.69, 9.17) is 16.3 Å². The highest BCUT2D eigenvalue weighted by molar-refractivity contribution is 7.92. The lowest BCUT2D eigenvalue weighted by molar-refractivity contribution is -0.140. The lowest BCUT2D eigenvalue weighted by Gasteiger charge is -2.34. The maximum atomic E-state index is 14.7. The van der Waals surface area contributed by atoms with Gasteiger partial charge in [-0.25, -0.2) is 8.42 Å². The van der Waals surface area contributed by atoms with Gasteiger partial charge in [0, 0.05) is 24.5 Å². The molecule has 1 N–H and O–H groups in total. The van der Waals surface area contributed by atoms with Crippen molar-refractivity contribution in [2.24, 2.45) is 5.92 Å². The maximum absolute atomic E-state index is 14.7. The Hall–Kier alpha value is -4.34. The third kappa shape index (κ3) is 9.59. The molecule has 0 aliphatic carbocycles. The molecule has 0 saturated carbocycles. The zero-order valence-electron chi connectivity index (χ0n) is 27.2. The number of hydrogen-bond acceptors (Lipinski definition) is 5. The number of nitrogens with zero attached hydrogens (tertiary/aromatic N) is 2. The van der Waals surface area contributed by atoms with Crippen molar-refractivity contribution in [3.05, 3.63) is 125 Å². The van der Waals surface area contributed by atoms with Gasteiger partial charge in [-0.2, -0.15) is 0 Å². The minimum Gasteiger partial charge on any atom is -0.492 e. The summed E-state index contributed by atoms with van der Waals surface area (Å²) in [5, 5.41) is 3.48. The molecule has 0 aromatic heterocycles. The summed E-state index contributed by atoms with van der Waals surface area (Å²) in [6.45, 7) is 7.81. The van der Waals surface area contributed by atoms with Crippen LogP contribution in [0.2, 0.25) is 5.02 Å². The fourth-order valence-electron chi connectivity index (χ4n) is 5.10. The van der Waals surface area contributed by atoms with Gasteiger partial charge in [0.25, 0.3) is 10.0 Å². The number of carbonyl (C=O) groups excluding carboxylic acids is 2. The van der Waals surface area contributed by atoms with Crippen molar-refractivity contribution in [1.82, 2.24) is 10.2 Å². The van der Waals surface area contributed by atoms with Crippen LogP contribution in [0.25, 0.3) is 0 Å². The summed E-state index contributed by atoms with van der Waals surface area (Å²) in [5.74, 6) is -0.401. The van der Waals surface area contributed by atoms with E-state index in [-0.39, 0.29) is 35.4 Å². The van der Waals surface area contributed by atoms with Gasteiger partial charge in [0.1, 0.15) is 18.3 Å². The average Bonchev–Trinajstić information content (AvgIpc) is 3.05. The molecule has 0 heterocycles. The largest absolute Gasteiger partial charge is 0.492 e. The van der Waals surface area contributed by atoms with Crippen LogP contribution >= 0.6 is 11.6 Å². The number of benzene rings is 4. The van der Waals surface area contributed by atoms with Crippen LogP contribution in [0.4, 0.5) is 5.69 Å². The minimum absolute atomic E-state index is 0.0253. The van der Waals surface area contributed by atoms with Crippen molar-refractivity contribution in [1.29, 1.82) is 0 Å². The predicted molar refractivity (Wildman–Crippen MR) is 187 cm³/mol. The number of aryl methyl sites for hydroxylation is 1. The molecule has 1 atom stereocenters. The van der Waals surface area contributed by atoms with Crippen molar-refractivity contribution >= 4 is 39.1 Å². The molecule has 2 amide bonds. The SMILES string of the molecule is CCOc1ccccc1N(CC(=O)N(Cc1cccc(Cl)c1)[C@@H](Cc1ccccc1)C(=O)NCC(C)C)S(=O)(=O)c1ccc(C)cc1. The van der Waals surface area contributed by atoms with Crippen LogP contribution in [-0.4, -0.2) is 50.9 Å². The highest BCUT2D eigenvalue weighted by Crippen LogP contribution is 2.33. The Kier molecular flexibility index (Phi) is 12.4. The number of anilines is 1. The lowest BCUT2D eigenvalue weighted by Crippen LogP contribution is -2.53. The predicted octanol–water partition coefficient (Wildman–Crippen LogP) is 6.65. The first kappa shape index (κ1) is 35.5. The molecule has 0 unspecified atom stereocenters. The van der Waals surface area contributed by atoms with Crippen LogP contribution in [0.15, 0.2) is 108 Å². The van der Waals surface area contributed by atoms with Crippen LogP contribution in [-0.2, 0) is 32.6 Å². The van der Waals surface area contributed by atoms with E-state index in [0.717, 1.165) is 15.4 Å². The average molecular weight is 676 g/mol. The van der Waals surface area contributed by atoms with Crippen LogP contribution in [0.5, 0.6) is 5.75 Å². The van der Waals surface area contributed by atoms with Gasteiger partial charge in [-0.05, 0) is 67.3 Å². The van der Waals surface area contributed by atoms with Gasteiger partial charge in [-0.3, -0.25) is 13.9 Å². The van der Waals surface area contributed by atoms with Gasteiger partial charge < -0.3 is 15.0 Å². The first-order valence-electron chi connectivity index (χ1n) is 15.7. The second-order valence-electron chi connectivity index (χ2n) is 11.7. The summed E-state index contributed by atoms with van der Waals surface area (Å²) < 4.78 is 35.6. The molecule has 0 aliphatic rings. The molecule has 0 aliphatic heterocycles. The van der Waals surface area contributed by atoms with Gasteiger partial charge >= 0.3 is 0 Å². The van der Waals surface area contributed by atoms with E-state index < -0.39 is 28.5 Å². The van der Waals surface area contributed by atoms with Crippen LogP contribution in [0, 0.1) is 12.8 Å². The van der Waals surface area contributed by atoms with Gasteiger partial charge in [0.15, 0.2) is 0 Å². The molecule has 4 rings (SSSR count). The standard InChI is InChI=1S/C37H42ClN3O5S/c1-5-46-35-17-10-9-16-33(35)41(47(44,45)32-20-18-28(4)19-21-32)26-36(42)40(25-30-14-11-15-31(38)22-30)34(37(43)39-24-27(2)3)23-29-12-7-6-8-13-29/h6-22,27,34H,5,23-26H2,1-4H3,(H,39,43)/t34-/m0/s1. The van der Waals surface area contributed by atoms with E-state index >= 15 is 0 Å². The molecule has 248 valence electrons. The first-order valence-corrected chi connectivity index (χ1v) is 17.5. The fraction of sp³-hybridized carbons (Fsp3) is 0.297. The summed E-state index contributed by atoms with van der Waals surface area (Å²) in [6, 6.07) is 28.7. The molecular weight excluding hydrogens is 634 g/mol. The zero-order chi connectivity index (χ0) is 34.0. The summed E-state index contributed by atoms with van der Waals surface area (Å²) >= 11 is 6.33. The molecular formula is C37H42ClN3O5S. The van der Waals surface area contributed by atoms with Gasteiger partial charge in [-0.1, -0.05) is 97.7 Å². The summed E-state index contributed by atoms with van der Waals surface area (Å²) in [7, 11) is -4.26. The highest BCUT2D eigenvalue weighted by Gasteiger charge is 2.35. The van der Waals surface area contributed by atoms with E-state index in [0.29, 0.717) is 29.5 Å². The Balaban J connectivity index is 1.83. The second kappa shape index (κ2) is 16.5. The normalized spacial score (nSPS) is 12.0. The molecule has 8 nitrogen and oxygen atoms in total. The molecule has 0 saturated heterocycles. The van der Waals surface area contributed by atoms with Crippen molar-refractivity contribution < 1.29 is 22.7 Å². The Labute approximate surface area is 283 Å². The molecule has 0 spiro atoms. The third-order valence-corrected chi connectivity index (χ3v) is 9.53. The topological polar surface area (TPSA) is 96.0 Å². The van der Waals surface area contributed by atoms with Crippen LogP contribution in [0.3, 0.4) is 0 Å².